The van der Waals surface area contributed by atoms with Crippen molar-refractivity contribution in [1.29, 1.82) is 0 Å². The molecule has 0 radical (unpaired) electrons. The first-order chi connectivity index (χ1) is 11.1. The number of carbonyl (C=O) groups excluding carboxylic acids is 1. The van der Waals surface area contributed by atoms with Gasteiger partial charge in [-0.1, -0.05) is 6.42 Å². The first-order valence-corrected chi connectivity index (χ1v) is 7.92. The first-order valence-electron chi connectivity index (χ1n) is 7.92. The van der Waals surface area contributed by atoms with Crippen molar-refractivity contribution in [3.05, 3.63) is 17.7 Å². The highest BCUT2D eigenvalue weighted by Crippen LogP contribution is 2.34. The van der Waals surface area contributed by atoms with E-state index in [-0.39, 0.29) is 24.4 Å². The highest BCUT2D eigenvalue weighted by atomic mass is 35.5. The first kappa shape index (κ1) is 20.4. The van der Waals surface area contributed by atoms with Crippen LogP contribution < -0.4 is 25.3 Å². The van der Waals surface area contributed by atoms with Crippen LogP contribution in [0.5, 0.6) is 17.2 Å². The van der Waals surface area contributed by atoms with Crippen LogP contribution in [0.2, 0.25) is 0 Å². The minimum Gasteiger partial charge on any atom is -0.496 e. The van der Waals surface area contributed by atoms with Crippen molar-refractivity contribution >= 4 is 18.3 Å². The molecule has 0 aromatic heterocycles. The largest absolute Gasteiger partial charge is 0.496 e. The average molecular weight is 359 g/mol. The van der Waals surface area contributed by atoms with Crippen LogP contribution in [0.15, 0.2) is 12.1 Å². The smallest absolute Gasteiger partial charge is 0.255 e. The van der Waals surface area contributed by atoms with E-state index in [1.807, 2.05) is 0 Å². The number of hydrogen-bond donors (Lipinski definition) is 2. The molecule has 1 aliphatic rings. The summed E-state index contributed by atoms with van der Waals surface area (Å²) in [7, 11) is 4.61. The summed E-state index contributed by atoms with van der Waals surface area (Å²) < 4.78 is 15.8. The van der Waals surface area contributed by atoms with Gasteiger partial charge in [0.25, 0.3) is 5.91 Å². The van der Waals surface area contributed by atoms with Crippen molar-refractivity contribution in [3.8, 4) is 17.2 Å². The summed E-state index contributed by atoms with van der Waals surface area (Å²) in [5.74, 6) is 1.74. The van der Waals surface area contributed by atoms with Crippen LogP contribution in [0, 0.1) is 5.92 Å². The van der Waals surface area contributed by atoms with Gasteiger partial charge in [0.15, 0.2) is 11.5 Å². The molecule has 2 rings (SSSR count). The van der Waals surface area contributed by atoms with Crippen molar-refractivity contribution in [3.63, 3.8) is 0 Å². The Kier molecular flexibility index (Phi) is 8.15. The standard InChI is InChI=1S/C17H26N2O4.ClH/c1-21-14-9-16(23-3)15(22-2)8-13(14)17(20)19-10-11-5-4-6-12(18)7-11;/h8-9,11-12H,4-7,10,18H2,1-3H3,(H,19,20);1H. The van der Waals surface area contributed by atoms with Gasteiger partial charge in [0, 0.05) is 24.7 Å². The second kappa shape index (κ2) is 9.59. The molecule has 0 spiro atoms. The molecule has 1 fully saturated rings. The molecule has 1 saturated carbocycles. The number of nitrogens with one attached hydrogen (secondary N) is 1. The van der Waals surface area contributed by atoms with Crippen LogP contribution in [0.4, 0.5) is 0 Å². The molecule has 7 heteroatoms. The summed E-state index contributed by atoms with van der Waals surface area (Å²) in [5, 5.41) is 2.98. The Hall–Kier alpha value is -1.66. The van der Waals surface area contributed by atoms with E-state index in [1.54, 1.807) is 19.2 Å². The Balaban J connectivity index is 0.00000288. The Bertz CT molecular complexity index is 554. The van der Waals surface area contributed by atoms with E-state index in [2.05, 4.69) is 5.32 Å². The lowest BCUT2D eigenvalue weighted by Gasteiger charge is -2.26. The second-order valence-electron chi connectivity index (χ2n) is 5.91. The third kappa shape index (κ3) is 4.92. The molecule has 0 saturated heterocycles. The number of methoxy groups -OCH3 is 3. The van der Waals surface area contributed by atoms with Crippen molar-refractivity contribution in [1.82, 2.24) is 5.32 Å². The van der Waals surface area contributed by atoms with Gasteiger partial charge in [-0.05, 0) is 25.2 Å². The average Bonchev–Trinajstić information content (AvgIpc) is 2.58. The minimum absolute atomic E-state index is 0. The van der Waals surface area contributed by atoms with Crippen LogP contribution in [0.1, 0.15) is 36.0 Å². The molecular formula is C17H27ClN2O4. The summed E-state index contributed by atoms with van der Waals surface area (Å²) in [6.07, 6.45) is 4.27. The third-order valence-electron chi connectivity index (χ3n) is 4.32. The zero-order valence-electron chi connectivity index (χ0n) is 14.5. The molecular weight excluding hydrogens is 332 g/mol. The van der Waals surface area contributed by atoms with Gasteiger partial charge in [-0.2, -0.15) is 0 Å². The number of amides is 1. The fourth-order valence-electron chi connectivity index (χ4n) is 3.06. The summed E-state index contributed by atoms with van der Waals surface area (Å²) in [6.45, 7) is 0.629. The molecule has 1 amide bonds. The van der Waals surface area contributed by atoms with Crippen LogP contribution in [0.25, 0.3) is 0 Å². The van der Waals surface area contributed by atoms with Gasteiger partial charge >= 0.3 is 0 Å². The van der Waals surface area contributed by atoms with E-state index in [0.29, 0.717) is 35.3 Å². The topological polar surface area (TPSA) is 82.8 Å². The Morgan fingerprint density at radius 2 is 1.75 bits per heavy atom. The molecule has 24 heavy (non-hydrogen) atoms. The van der Waals surface area contributed by atoms with E-state index < -0.39 is 0 Å². The summed E-state index contributed by atoms with van der Waals surface area (Å²) in [5.41, 5.74) is 6.43. The van der Waals surface area contributed by atoms with Gasteiger partial charge in [-0.25, -0.2) is 0 Å². The lowest BCUT2D eigenvalue weighted by Crippen LogP contribution is -2.35. The van der Waals surface area contributed by atoms with Crippen molar-refractivity contribution in [2.75, 3.05) is 27.9 Å². The molecule has 3 N–H and O–H groups in total. The second-order valence-corrected chi connectivity index (χ2v) is 5.91. The fraction of sp³-hybridized carbons (Fsp3) is 0.588. The van der Waals surface area contributed by atoms with E-state index in [0.717, 1.165) is 25.7 Å². The summed E-state index contributed by atoms with van der Waals surface area (Å²) >= 11 is 0. The molecule has 2 unspecified atom stereocenters. The Morgan fingerprint density at radius 1 is 1.12 bits per heavy atom. The van der Waals surface area contributed by atoms with E-state index in [4.69, 9.17) is 19.9 Å². The normalized spacial score (nSPS) is 19.8. The molecule has 0 heterocycles. The van der Waals surface area contributed by atoms with Gasteiger partial charge in [0.2, 0.25) is 0 Å². The summed E-state index contributed by atoms with van der Waals surface area (Å²) in [4.78, 5) is 12.5. The SMILES string of the molecule is COc1cc(OC)c(C(=O)NCC2CCCC(N)C2)cc1OC.Cl. The maximum Gasteiger partial charge on any atom is 0.255 e. The molecule has 1 aromatic rings. The van der Waals surface area contributed by atoms with Gasteiger partial charge < -0.3 is 25.3 Å². The number of hydrogen-bond acceptors (Lipinski definition) is 5. The highest BCUT2D eigenvalue weighted by molar-refractivity contribution is 5.97. The van der Waals surface area contributed by atoms with Crippen LogP contribution in [-0.2, 0) is 0 Å². The molecule has 136 valence electrons. The molecule has 0 aliphatic heterocycles. The Morgan fingerprint density at radius 3 is 2.33 bits per heavy atom. The highest BCUT2D eigenvalue weighted by Gasteiger charge is 2.22. The van der Waals surface area contributed by atoms with Gasteiger partial charge in [0.1, 0.15) is 5.75 Å². The maximum absolute atomic E-state index is 12.5. The van der Waals surface area contributed by atoms with E-state index in [1.165, 1.54) is 14.2 Å². The van der Waals surface area contributed by atoms with Crippen LogP contribution in [-0.4, -0.2) is 39.8 Å². The molecule has 1 aromatic carbocycles. The van der Waals surface area contributed by atoms with Crippen molar-refractivity contribution < 1.29 is 19.0 Å². The predicted octanol–water partition coefficient (Wildman–Crippen LogP) is 2.38. The molecule has 1 aliphatic carbocycles. The number of rotatable bonds is 6. The van der Waals surface area contributed by atoms with Gasteiger partial charge in [-0.3, -0.25) is 4.79 Å². The van der Waals surface area contributed by atoms with E-state index >= 15 is 0 Å². The monoisotopic (exact) mass is 358 g/mol. The van der Waals surface area contributed by atoms with Crippen LogP contribution >= 0.6 is 12.4 Å². The number of carbonyl (C=O) groups is 1. The quantitative estimate of drug-likeness (QED) is 0.815. The number of benzene rings is 1. The lowest BCUT2D eigenvalue weighted by atomic mass is 9.86. The number of halogens is 1. The van der Waals surface area contributed by atoms with Gasteiger partial charge in [0.05, 0.1) is 26.9 Å². The fourth-order valence-corrected chi connectivity index (χ4v) is 3.06. The third-order valence-corrected chi connectivity index (χ3v) is 4.32. The van der Waals surface area contributed by atoms with Gasteiger partial charge in [-0.15, -0.1) is 12.4 Å². The number of ether oxygens (including phenoxy) is 3. The molecule has 0 bridgehead atoms. The number of nitrogens with two attached hydrogens (primary N) is 1. The van der Waals surface area contributed by atoms with Crippen LogP contribution in [0.3, 0.4) is 0 Å². The predicted molar refractivity (Wildman–Crippen MR) is 95.6 cm³/mol. The van der Waals surface area contributed by atoms with E-state index in [9.17, 15) is 4.79 Å². The minimum atomic E-state index is -0.179. The summed E-state index contributed by atoms with van der Waals surface area (Å²) in [6, 6.07) is 3.55. The lowest BCUT2D eigenvalue weighted by molar-refractivity contribution is 0.0939. The van der Waals surface area contributed by atoms with Crippen molar-refractivity contribution in [2.45, 2.75) is 31.7 Å². The van der Waals surface area contributed by atoms with Crippen molar-refractivity contribution in [2.24, 2.45) is 11.7 Å². The zero-order chi connectivity index (χ0) is 16.8. The molecule has 2 atom stereocenters. The maximum atomic E-state index is 12.5. The molecule has 6 nitrogen and oxygen atoms in total. The Labute approximate surface area is 149 Å². The zero-order valence-corrected chi connectivity index (χ0v) is 15.3.